The molecule has 0 aliphatic carbocycles. The molecular weight excluding hydrogens is 288 g/mol. The van der Waals surface area contributed by atoms with Crippen molar-refractivity contribution < 1.29 is 12.6 Å². The molecule has 0 amide bonds. The molecule has 2 N–H and O–H groups in total. The van der Waals surface area contributed by atoms with Crippen LogP contribution >= 0.6 is 0 Å². The molecule has 0 fully saturated rings. The third-order valence-corrected chi connectivity index (χ3v) is 3.03. The molecule has 0 saturated heterocycles. The smallest absolute Gasteiger partial charge is 0.371 e. The molecule has 21 heavy (non-hydrogen) atoms. The Morgan fingerprint density at radius 1 is 1.10 bits per heavy atom. The van der Waals surface area contributed by atoms with Crippen molar-refractivity contribution in [1.82, 2.24) is 0 Å². The summed E-state index contributed by atoms with van der Waals surface area (Å²) in [6.45, 7) is 0. The van der Waals surface area contributed by atoms with E-state index in [1.807, 2.05) is 30.3 Å². The highest BCUT2D eigenvalue weighted by Gasteiger charge is 2.05. The summed E-state index contributed by atoms with van der Waals surface area (Å²) in [6, 6.07) is 17.6. The minimum atomic E-state index is -4.03. The topological polar surface area (TPSA) is 93.2 Å². The summed E-state index contributed by atoms with van der Waals surface area (Å²) in [5.74, 6) is 0.118. The van der Waals surface area contributed by atoms with Crippen LogP contribution in [0.4, 0.5) is 0 Å². The third-order valence-electron chi connectivity index (χ3n) is 2.61. The van der Waals surface area contributed by atoms with E-state index in [1.54, 1.807) is 18.2 Å². The SMILES string of the molecule is N#CC(=Cc1ccc(OS(N)(=O)=O)cc1)c1ccccc1. The fraction of sp³-hybridized carbons (Fsp3) is 0. The van der Waals surface area contributed by atoms with E-state index in [-0.39, 0.29) is 5.75 Å². The zero-order chi connectivity index (χ0) is 15.3. The standard InChI is InChI=1S/C15H12N2O3S/c16-11-14(13-4-2-1-3-5-13)10-12-6-8-15(9-7-12)20-21(17,18)19/h1-10H,(H2,17,18,19). The number of hydrogen-bond donors (Lipinski definition) is 1. The van der Waals surface area contributed by atoms with Gasteiger partial charge < -0.3 is 4.18 Å². The Kier molecular flexibility index (Phi) is 4.38. The van der Waals surface area contributed by atoms with E-state index in [2.05, 4.69) is 10.3 Å². The molecular formula is C15H12N2O3S. The predicted molar refractivity (Wildman–Crippen MR) is 80.1 cm³/mol. The first kappa shape index (κ1) is 14.8. The third kappa shape index (κ3) is 4.45. The van der Waals surface area contributed by atoms with Crippen molar-refractivity contribution in [3.05, 3.63) is 65.7 Å². The molecule has 0 aliphatic rings. The Hall–Kier alpha value is -2.62. The van der Waals surface area contributed by atoms with E-state index < -0.39 is 10.3 Å². The molecule has 0 aromatic heterocycles. The highest BCUT2D eigenvalue weighted by Crippen LogP contribution is 2.19. The van der Waals surface area contributed by atoms with Crippen LogP contribution in [0.3, 0.4) is 0 Å². The largest absolute Gasteiger partial charge is 0.380 e. The second-order valence-corrected chi connectivity index (χ2v) is 5.33. The van der Waals surface area contributed by atoms with Crippen molar-refractivity contribution in [3.63, 3.8) is 0 Å². The van der Waals surface area contributed by atoms with Crippen LogP contribution in [0.5, 0.6) is 5.75 Å². The molecule has 0 atom stereocenters. The number of allylic oxidation sites excluding steroid dienone is 1. The second kappa shape index (κ2) is 6.22. The monoisotopic (exact) mass is 300 g/mol. The molecule has 0 saturated carbocycles. The summed E-state index contributed by atoms with van der Waals surface area (Å²) < 4.78 is 26.1. The lowest BCUT2D eigenvalue weighted by atomic mass is 10.0. The number of nitriles is 1. The van der Waals surface area contributed by atoms with Gasteiger partial charge in [-0.1, -0.05) is 42.5 Å². The van der Waals surface area contributed by atoms with E-state index in [9.17, 15) is 13.7 Å². The zero-order valence-electron chi connectivity index (χ0n) is 10.9. The zero-order valence-corrected chi connectivity index (χ0v) is 11.7. The fourth-order valence-corrected chi connectivity index (χ4v) is 2.10. The summed E-state index contributed by atoms with van der Waals surface area (Å²) in [7, 11) is -4.03. The molecule has 0 heterocycles. The minimum Gasteiger partial charge on any atom is -0.371 e. The summed E-state index contributed by atoms with van der Waals surface area (Å²) in [4.78, 5) is 0. The number of hydrogen-bond acceptors (Lipinski definition) is 4. The highest BCUT2D eigenvalue weighted by atomic mass is 32.2. The second-order valence-electron chi connectivity index (χ2n) is 4.18. The molecule has 5 nitrogen and oxygen atoms in total. The van der Waals surface area contributed by atoms with Gasteiger partial charge in [0.1, 0.15) is 5.75 Å². The Labute approximate surface area is 123 Å². The lowest BCUT2D eigenvalue weighted by molar-refractivity contribution is 0.488. The number of nitrogens with two attached hydrogens (primary N) is 1. The molecule has 106 valence electrons. The summed E-state index contributed by atoms with van der Waals surface area (Å²) >= 11 is 0. The van der Waals surface area contributed by atoms with Gasteiger partial charge in [0.2, 0.25) is 0 Å². The molecule has 2 aromatic carbocycles. The molecule has 6 heteroatoms. The first-order valence-corrected chi connectivity index (χ1v) is 7.44. The Morgan fingerprint density at radius 3 is 2.24 bits per heavy atom. The van der Waals surface area contributed by atoms with Crippen molar-refractivity contribution in [2.45, 2.75) is 0 Å². The van der Waals surface area contributed by atoms with Gasteiger partial charge >= 0.3 is 10.3 Å². The molecule has 0 radical (unpaired) electrons. The first-order chi connectivity index (χ1) is 9.98. The Morgan fingerprint density at radius 2 is 1.71 bits per heavy atom. The summed E-state index contributed by atoms with van der Waals surface area (Å²) in [5.41, 5.74) is 2.07. The van der Waals surface area contributed by atoms with Gasteiger partial charge in [-0.25, -0.2) is 0 Å². The van der Waals surface area contributed by atoms with Gasteiger partial charge in [-0.05, 0) is 29.3 Å². The van der Waals surface area contributed by atoms with E-state index in [4.69, 9.17) is 5.14 Å². The van der Waals surface area contributed by atoms with Crippen molar-refractivity contribution in [2.24, 2.45) is 5.14 Å². The number of rotatable bonds is 4. The number of nitrogens with zero attached hydrogens (tertiary/aromatic N) is 1. The van der Waals surface area contributed by atoms with Gasteiger partial charge in [-0.15, -0.1) is 0 Å². The summed E-state index contributed by atoms with van der Waals surface area (Å²) in [5, 5.41) is 14.0. The molecule has 0 aliphatic heterocycles. The van der Waals surface area contributed by atoms with Crippen LogP contribution in [0.1, 0.15) is 11.1 Å². The van der Waals surface area contributed by atoms with Crippen molar-refractivity contribution in [2.75, 3.05) is 0 Å². The normalized spacial score (nSPS) is 11.7. The Balaban J connectivity index is 2.27. The van der Waals surface area contributed by atoms with Crippen molar-refractivity contribution >= 4 is 22.0 Å². The maximum Gasteiger partial charge on any atom is 0.380 e. The van der Waals surface area contributed by atoms with E-state index in [1.165, 1.54) is 12.1 Å². The van der Waals surface area contributed by atoms with E-state index in [0.29, 0.717) is 5.57 Å². The lowest BCUT2D eigenvalue weighted by Crippen LogP contribution is -2.18. The van der Waals surface area contributed by atoms with Gasteiger partial charge in [-0.2, -0.15) is 18.8 Å². The molecule has 0 bridgehead atoms. The number of benzene rings is 2. The van der Waals surface area contributed by atoms with Crippen molar-refractivity contribution in [1.29, 1.82) is 5.26 Å². The van der Waals surface area contributed by atoms with Crippen molar-refractivity contribution in [3.8, 4) is 11.8 Å². The Bertz CT molecular complexity index is 789. The van der Waals surface area contributed by atoms with Gasteiger partial charge in [0, 0.05) is 0 Å². The van der Waals surface area contributed by atoms with Crippen LogP contribution in [0, 0.1) is 11.3 Å². The molecule has 0 spiro atoms. The lowest BCUT2D eigenvalue weighted by Gasteiger charge is -2.03. The quantitative estimate of drug-likeness (QED) is 0.692. The van der Waals surface area contributed by atoms with Gasteiger partial charge in [0.15, 0.2) is 0 Å². The van der Waals surface area contributed by atoms with Crippen LogP contribution in [0.15, 0.2) is 54.6 Å². The summed E-state index contributed by atoms with van der Waals surface area (Å²) in [6.07, 6.45) is 1.70. The minimum absolute atomic E-state index is 0.118. The molecule has 2 rings (SSSR count). The van der Waals surface area contributed by atoms with Gasteiger partial charge in [0.05, 0.1) is 11.6 Å². The van der Waals surface area contributed by atoms with Gasteiger partial charge in [0.25, 0.3) is 0 Å². The van der Waals surface area contributed by atoms with Gasteiger partial charge in [-0.3, -0.25) is 0 Å². The maximum atomic E-state index is 10.8. The van der Waals surface area contributed by atoms with Crippen LogP contribution < -0.4 is 9.32 Å². The van der Waals surface area contributed by atoms with Crippen LogP contribution in [-0.4, -0.2) is 8.42 Å². The van der Waals surface area contributed by atoms with E-state index in [0.717, 1.165) is 11.1 Å². The molecule has 2 aromatic rings. The maximum absolute atomic E-state index is 10.8. The van der Waals surface area contributed by atoms with Crippen LogP contribution in [0.2, 0.25) is 0 Å². The van der Waals surface area contributed by atoms with Crippen LogP contribution in [0.25, 0.3) is 11.6 Å². The first-order valence-electron chi connectivity index (χ1n) is 5.97. The predicted octanol–water partition coefficient (Wildman–Crippen LogP) is 2.33. The fourth-order valence-electron chi connectivity index (χ4n) is 1.72. The average molecular weight is 300 g/mol. The highest BCUT2D eigenvalue weighted by molar-refractivity contribution is 7.84. The van der Waals surface area contributed by atoms with Crippen LogP contribution in [-0.2, 0) is 10.3 Å². The average Bonchev–Trinajstić information content (AvgIpc) is 2.46. The molecule has 0 unspecified atom stereocenters. The van der Waals surface area contributed by atoms with E-state index >= 15 is 0 Å².